The highest BCUT2D eigenvalue weighted by atomic mass is 32.1. The molecule has 0 aliphatic carbocycles. The van der Waals surface area contributed by atoms with Gasteiger partial charge < -0.3 is 14.6 Å². The second-order valence-corrected chi connectivity index (χ2v) is 6.57. The lowest BCUT2D eigenvalue weighted by Crippen LogP contribution is -2.36. The zero-order chi connectivity index (χ0) is 15.1. The van der Waals surface area contributed by atoms with Crippen LogP contribution in [0.1, 0.15) is 16.1 Å². The summed E-state index contributed by atoms with van der Waals surface area (Å²) in [6.45, 7) is 0.584. The molecule has 1 amide bonds. The first-order valence-corrected chi connectivity index (χ1v) is 8.15. The summed E-state index contributed by atoms with van der Waals surface area (Å²) in [7, 11) is 1.82. The summed E-state index contributed by atoms with van der Waals surface area (Å²) >= 11 is 1.64. The molecule has 0 unspecified atom stereocenters. The molecule has 1 aromatic carbocycles. The minimum atomic E-state index is 0.00274. The van der Waals surface area contributed by atoms with E-state index in [9.17, 15) is 4.79 Å². The number of fused-ring (bicyclic) bond motifs is 2. The van der Waals surface area contributed by atoms with Gasteiger partial charge in [0.25, 0.3) is 5.91 Å². The third-order valence-corrected chi connectivity index (χ3v) is 4.87. The van der Waals surface area contributed by atoms with Crippen LogP contribution in [0.5, 0.6) is 5.75 Å². The number of ether oxygens (including phenoxy) is 1. The smallest absolute Gasteiger partial charge is 0.270 e. The normalized spacial score (nSPS) is 16.5. The summed E-state index contributed by atoms with van der Waals surface area (Å²) in [5, 5.41) is 2.02. The minimum absolute atomic E-state index is 0.00274. The second-order valence-electron chi connectivity index (χ2n) is 5.62. The van der Waals surface area contributed by atoms with Gasteiger partial charge in [-0.3, -0.25) is 4.79 Å². The Labute approximate surface area is 132 Å². The molecule has 4 nitrogen and oxygen atoms in total. The quantitative estimate of drug-likeness (QED) is 0.806. The molecule has 0 fully saturated rings. The lowest BCUT2D eigenvalue weighted by atomic mass is 10.1. The van der Waals surface area contributed by atoms with Crippen LogP contribution in [-0.2, 0) is 6.42 Å². The SMILES string of the molecule is CN(C[C@H]1Cc2ccccc2O1)C(=O)c1cc2sccc2[nH]1. The van der Waals surface area contributed by atoms with E-state index in [1.54, 1.807) is 16.2 Å². The molecule has 1 N–H and O–H groups in total. The van der Waals surface area contributed by atoms with Crippen molar-refractivity contribution in [3.63, 3.8) is 0 Å². The maximum absolute atomic E-state index is 12.5. The van der Waals surface area contributed by atoms with Gasteiger partial charge in [-0.1, -0.05) is 18.2 Å². The van der Waals surface area contributed by atoms with Crippen LogP contribution >= 0.6 is 11.3 Å². The molecule has 1 atom stereocenters. The number of aromatic amines is 1. The molecule has 4 rings (SSSR count). The molecule has 3 aromatic rings. The maximum Gasteiger partial charge on any atom is 0.270 e. The van der Waals surface area contributed by atoms with E-state index >= 15 is 0 Å². The summed E-state index contributed by atoms with van der Waals surface area (Å²) < 4.78 is 7.02. The van der Waals surface area contributed by atoms with Crippen LogP contribution in [0.4, 0.5) is 0 Å². The Bertz CT molecular complexity index is 782. The lowest BCUT2D eigenvalue weighted by Gasteiger charge is -2.20. The van der Waals surface area contributed by atoms with Gasteiger partial charge in [-0.15, -0.1) is 11.3 Å². The Balaban J connectivity index is 1.45. The predicted octanol–water partition coefficient (Wildman–Crippen LogP) is 3.31. The molecular weight excluding hydrogens is 296 g/mol. The van der Waals surface area contributed by atoms with Gasteiger partial charge in [0, 0.05) is 13.5 Å². The number of amides is 1. The van der Waals surface area contributed by atoms with Gasteiger partial charge in [0.05, 0.1) is 16.8 Å². The zero-order valence-electron chi connectivity index (χ0n) is 12.2. The van der Waals surface area contributed by atoms with Crippen LogP contribution in [0.25, 0.3) is 10.2 Å². The fraction of sp³-hybridized carbons (Fsp3) is 0.235. The largest absolute Gasteiger partial charge is 0.488 e. The van der Waals surface area contributed by atoms with Crippen LogP contribution in [0.3, 0.4) is 0 Å². The van der Waals surface area contributed by atoms with E-state index in [1.807, 2.05) is 42.8 Å². The Hall–Kier alpha value is -2.27. The molecule has 1 aliphatic heterocycles. The van der Waals surface area contributed by atoms with Crippen molar-refractivity contribution in [2.45, 2.75) is 12.5 Å². The number of nitrogens with one attached hydrogen (secondary N) is 1. The summed E-state index contributed by atoms with van der Waals surface area (Å²) in [5.41, 5.74) is 2.87. The van der Waals surface area contributed by atoms with Crippen molar-refractivity contribution in [1.82, 2.24) is 9.88 Å². The molecule has 22 heavy (non-hydrogen) atoms. The summed E-state index contributed by atoms with van der Waals surface area (Å²) in [6.07, 6.45) is 0.885. The molecule has 112 valence electrons. The predicted molar refractivity (Wildman–Crippen MR) is 87.7 cm³/mol. The number of carbonyl (C=O) groups is 1. The number of rotatable bonds is 3. The fourth-order valence-corrected chi connectivity index (χ4v) is 3.70. The van der Waals surface area contributed by atoms with E-state index in [1.165, 1.54) is 5.56 Å². The van der Waals surface area contributed by atoms with Gasteiger partial charge in [-0.05, 0) is 29.1 Å². The molecule has 0 spiro atoms. The number of nitrogens with zero attached hydrogens (tertiary/aromatic N) is 1. The van der Waals surface area contributed by atoms with Crippen LogP contribution in [0.2, 0.25) is 0 Å². The molecule has 1 aliphatic rings. The summed E-state index contributed by atoms with van der Waals surface area (Å²) in [4.78, 5) is 17.4. The topological polar surface area (TPSA) is 45.3 Å². The van der Waals surface area contributed by atoms with Crippen molar-refractivity contribution in [2.75, 3.05) is 13.6 Å². The van der Waals surface area contributed by atoms with Crippen molar-refractivity contribution >= 4 is 27.5 Å². The van der Waals surface area contributed by atoms with Gasteiger partial charge in [0.2, 0.25) is 0 Å². The number of aromatic nitrogens is 1. The lowest BCUT2D eigenvalue weighted by molar-refractivity contribution is 0.0726. The molecule has 2 aromatic heterocycles. The highest BCUT2D eigenvalue weighted by Gasteiger charge is 2.26. The number of benzene rings is 1. The van der Waals surface area contributed by atoms with Crippen molar-refractivity contribution in [2.24, 2.45) is 0 Å². The number of H-pyrrole nitrogens is 1. The van der Waals surface area contributed by atoms with Crippen LogP contribution < -0.4 is 4.74 Å². The van der Waals surface area contributed by atoms with E-state index < -0.39 is 0 Å². The molecule has 0 saturated heterocycles. The molecule has 5 heteroatoms. The second kappa shape index (κ2) is 5.18. The first-order valence-electron chi connectivity index (χ1n) is 7.27. The molecular formula is C17H16N2O2S. The standard InChI is InChI=1S/C17H16N2O2S/c1-19(10-12-8-11-4-2-3-5-15(11)21-12)17(20)14-9-16-13(18-14)6-7-22-16/h2-7,9,12,18H,8,10H2,1H3/t12-/m1/s1. The van der Waals surface area contributed by atoms with Crippen LogP contribution in [-0.4, -0.2) is 35.5 Å². The molecule has 0 saturated carbocycles. The average Bonchev–Trinajstić information content (AvgIpc) is 3.19. The number of thiophene rings is 1. The number of hydrogen-bond donors (Lipinski definition) is 1. The Morgan fingerprint density at radius 1 is 1.41 bits per heavy atom. The van der Waals surface area contributed by atoms with Gasteiger partial charge in [0.15, 0.2) is 0 Å². The van der Waals surface area contributed by atoms with E-state index in [0.29, 0.717) is 12.2 Å². The van der Waals surface area contributed by atoms with Gasteiger partial charge in [-0.25, -0.2) is 0 Å². The Morgan fingerprint density at radius 3 is 3.09 bits per heavy atom. The van der Waals surface area contributed by atoms with E-state index in [-0.39, 0.29) is 12.0 Å². The summed E-state index contributed by atoms with van der Waals surface area (Å²) in [5.74, 6) is 0.941. The van der Waals surface area contributed by atoms with E-state index in [0.717, 1.165) is 22.4 Å². The highest BCUT2D eigenvalue weighted by molar-refractivity contribution is 7.17. The zero-order valence-corrected chi connectivity index (χ0v) is 13.0. The van der Waals surface area contributed by atoms with Gasteiger partial charge in [0.1, 0.15) is 17.5 Å². The third-order valence-electron chi connectivity index (χ3n) is 4.01. The van der Waals surface area contributed by atoms with E-state index in [4.69, 9.17) is 4.74 Å². The molecule has 0 bridgehead atoms. The first kappa shape index (κ1) is 13.4. The third kappa shape index (κ3) is 2.27. The number of carbonyl (C=O) groups excluding carboxylic acids is 1. The van der Waals surface area contributed by atoms with Crippen LogP contribution in [0, 0.1) is 0 Å². The highest BCUT2D eigenvalue weighted by Crippen LogP contribution is 2.28. The fourth-order valence-electron chi connectivity index (χ4n) is 2.91. The number of para-hydroxylation sites is 1. The molecule has 0 radical (unpaired) electrons. The van der Waals surface area contributed by atoms with Gasteiger partial charge in [-0.2, -0.15) is 0 Å². The number of hydrogen-bond acceptors (Lipinski definition) is 3. The van der Waals surface area contributed by atoms with Crippen LogP contribution in [0.15, 0.2) is 41.8 Å². The van der Waals surface area contributed by atoms with Crippen molar-refractivity contribution in [3.05, 3.63) is 53.0 Å². The van der Waals surface area contributed by atoms with Crippen molar-refractivity contribution in [1.29, 1.82) is 0 Å². The maximum atomic E-state index is 12.5. The van der Waals surface area contributed by atoms with Gasteiger partial charge >= 0.3 is 0 Å². The Morgan fingerprint density at radius 2 is 2.27 bits per heavy atom. The Kier molecular flexibility index (Phi) is 3.15. The van der Waals surface area contributed by atoms with E-state index in [2.05, 4.69) is 11.1 Å². The van der Waals surface area contributed by atoms with Crippen molar-refractivity contribution < 1.29 is 9.53 Å². The van der Waals surface area contributed by atoms with Crippen molar-refractivity contribution in [3.8, 4) is 5.75 Å². The monoisotopic (exact) mass is 312 g/mol. The first-order chi connectivity index (χ1) is 10.7. The number of likely N-dealkylation sites (N-methyl/N-ethyl adjacent to an activating group) is 1. The summed E-state index contributed by atoms with van der Waals surface area (Å²) in [6, 6.07) is 12.0. The minimum Gasteiger partial charge on any atom is -0.488 e. The molecule has 3 heterocycles. The average molecular weight is 312 g/mol.